The molecule has 0 heterocycles. The third-order valence-electron chi connectivity index (χ3n) is 4.46. The lowest BCUT2D eigenvalue weighted by Crippen LogP contribution is -2.55. The molecule has 23 heavy (non-hydrogen) atoms. The number of fused-ring (bicyclic) bond motifs is 2. The van der Waals surface area contributed by atoms with E-state index in [9.17, 15) is 32.2 Å². The summed E-state index contributed by atoms with van der Waals surface area (Å²) in [6.07, 6.45) is 0.766. The van der Waals surface area contributed by atoms with Gasteiger partial charge in [-0.1, -0.05) is 6.92 Å². The van der Waals surface area contributed by atoms with Gasteiger partial charge in [0.1, 0.15) is 0 Å². The smallest absolute Gasteiger partial charge is 0.402 e. The number of aliphatic hydroxyl groups is 2. The fraction of sp³-hybridized carbons (Fsp3) is 0.923. The van der Waals surface area contributed by atoms with Crippen molar-refractivity contribution in [3.63, 3.8) is 0 Å². The molecule has 0 amide bonds. The van der Waals surface area contributed by atoms with Crippen LogP contribution in [0.3, 0.4) is 0 Å². The Balaban J connectivity index is 2.04. The molecule has 7 nitrogen and oxygen atoms in total. The lowest BCUT2D eigenvalue weighted by Gasteiger charge is -2.51. The van der Waals surface area contributed by atoms with Crippen LogP contribution in [0.2, 0.25) is 0 Å². The van der Waals surface area contributed by atoms with Crippen LogP contribution in [0.25, 0.3) is 0 Å². The molecule has 0 aromatic rings. The third kappa shape index (κ3) is 3.98. The first-order chi connectivity index (χ1) is 10.3. The molecule has 2 atom stereocenters. The highest BCUT2D eigenvalue weighted by Crippen LogP contribution is 2.50. The van der Waals surface area contributed by atoms with Crippen LogP contribution in [-0.4, -0.2) is 52.2 Å². The average molecular weight is 358 g/mol. The zero-order valence-corrected chi connectivity index (χ0v) is 13.4. The largest absolute Gasteiger partial charge is 0.458 e. The minimum absolute atomic E-state index is 0.0457. The van der Waals surface area contributed by atoms with E-state index >= 15 is 0 Å². The van der Waals surface area contributed by atoms with E-state index in [2.05, 4.69) is 4.74 Å². The summed E-state index contributed by atoms with van der Waals surface area (Å²) in [5.41, 5.74) is -2.56. The van der Waals surface area contributed by atoms with E-state index in [1.54, 1.807) is 0 Å². The highest BCUT2D eigenvalue weighted by atomic mass is 32.2. The van der Waals surface area contributed by atoms with Crippen LogP contribution in [0.4, 0.5) is 8.78 Å². The highest BCUT2D eigenvalue weighted by molar-refractivity contribution is 7.86. The van der Waals surface area contributed by atoms with Gasteiger partial charge in [-0.05, 0) is 31.6 Å². The first-order valence-corrected chi connectivity index (χ1v) is 8.66. The van der Waals surface area contributed by atoms with Gasteiger partial charge >= 0.3 is 21.3 Å². The number of carbonyl (C=O) groups is 1. The van der Waals surface area contributed by atoms with Gasteiger partial charge in [0.25, 0.3) is 0 Å². The third-order valence-corrected chi connectivity index (χ3v) is 5.33. The van der Waals surface area contributed by atoms with Crippen molar-refractivity contribution in [1.29, 1.82) is 0 Å². The molecule has 10 heteroatoms. The summed E-state index contributed by atoms with van der Waals surface area (Å²) >= 11 is 0. The van der Waals surface area contributed by atoms with Gasteiger partial charge in [0, 0.05) is 6.42 Å². The van der Waals surface area contributed by atoms with E-state index in [4.69, 9.17) is 4.55 Å². The fourth-order valence-electron chi connectivity index (χ4n) is 3.94. The Morgan fingerprint density at radius 1 is 1.22 bits per heavy atom. The summed E-state index contributed by atoms with van der Waals surface area (Å²) in [5, 5.41) is 16.3. The van der Waals surface area contributed by atoms with E-state index in [0.29, 0.717) is 12.8 Å². The number of hydrogen-bond acceptors (Lipinski definition) is 6. The van der Waals surface area contributed by atoms with Crippen molar-refractivity contribution in [2.45, 2.75) is 55.5 Å². The average Bonchev–Trinajstić information content (AvgIpc) is 2.30. The Bertz CT molecular complexity index is 573. The van der Waals surface area contributed by atoms with E-state index in [0.717, 1.165) is 0 Å². The van der Waals surface area contributed by atoms with Crippen LogP contribution < -0.4 is 0 Å². The van der Waals surface area contributed by atoms with Gasteiger partial charge < -0.3 is 14.9 Å². The molecule has 0 spiro atoms. The van der Waals surface area contributed by atoms with Crippen molar-refractivity contribution in [2.75, 3.05) is 6.61 Å². The Morgan fingerprint density at radius 2 is 1.70 bits per heavy atom. The van der Waals surface area contributed by atoms with E-state index < -0.39 is 45.1 Å². The Hall–Kier alpha value is -0.840. The minimum atomic E-state index is -5.68. The van der Waals surface area contributed by atoms with Crippen molar-refractivity contribution in [1.82, 2.24) is 0 Å². The number of alkyl halides is 2. The molecule has 2 bridgehead atoms. The number of carbonyl (C=O) groups excluding carboxylic acids is 1. The van der Waals surface area contributed by atoms with Crippen LogP contribution in [0.1, 0.15) is 39.0 Å². The molecular weight excluding hydrogens is 338 g/mol. The predicted octanol–water partition coefficient (Wildman–Crippen LogP) is 0.702. The van der Waals surface area contributed by atoms with Crippen molar-refractivity contribution >= 4 is 16.1 Å². The molecule has 0 aromatic heterocycles. The van der Waals surface area contributed by atoms with Crippen molar-refractivity contribution < 1.29 is 41.5 Å². The van der Waals surface area contributed by atoms with Gasteiger partial charge in [-0.2, -0.15) is 17.2 Å². The maximum Gasteiger partial charge on any atom is 0.402 e. The first kappa shape index (κ1) is 18.5. The van der Waals surface area contributed by atoms with Crippen LogP contribution in [-0.2, 0) is 19.6 Å². The lowest BCUT2D eigenvalue weighted by atomic mass is 9.60. The molecule has 0 aromatic carbocycles. The molecule has 0 saturated heterocycles. The summed E-state index contributed by atoms with van der Waals surface area (Å²) in [5.74, 6) is -2.08. The predicted molar refractivity (Wildman–Crippen MR) is 73.1 cm³/mol. The zero-order valence-electron chi connectivity index (χ0n) is 12.5. The number of esters is 1. The summed E-state index contributed by atoms with van der Waals surface area (Å²) < 4.78 is 59.8. The van der Waals surface area contributed by atoms with Crippen molar-refractivity contribution in [3.05, 3.63) is 0 Å². The molecule has 2 unspecified atom stereocenters. The lowest BCUT2D eigenvalue weighted by molar-refractivity contribution is -0.186. The Kier molecular flexibility index (Phi) is 4.51. The maximum atomic E-state index is 13.1. The molecular formula is C13H20F2O7S. The van der Waals surface area contributed by atoms with Gasteiger partial charge in [0.2, 0.25) is 0 Å². The Morgan fingerprint density at radius 3 is 2.13 bits per heavy atom. The van der Waals surface area contributed by atoms with Crippen LogP contribution >= 0.6 is 0 Å². The van der Waals surface area contributed by atoms with Gasteiger partial charge in [0.05, 0.1) is 17.1 Å². The standard InChI is InChI=1S/C13H20F2O7S/c1-8-2-11(17)4-9(5-12(18,3-8)6-11)10(16)22-7-13(14,15)23(19,20)21/h8-9,17-18H,2-7H2,1H3,(H,19,20,21). The Labute approximate surface area is 132 Å². The molecule has 0 aliphatic heterocycles. The number of ether oxygens (including phenoxy) is 1. The highest BCUT2D eigenvalue weighted by Gasteiger charge is 2.54. The molecule has 3 N–H and O–H groups in total. The van der Waals surface area contributed by atoms with E-state index in [1.165, 1.54) is 0 Å². The normalized spacial score (nSPS) is 38.2. The molecule has 134 valence electrons. The zero-order chi connectivity index (χ0) is 17.7. The second-order valence-corrected chi connectivity index (χ2v) is 8.51. The fourth-order valence-corrected chi connectivity index (χ4v) is 4.15. The van der Waals surface area contributed by atoms with Crippen LogP contribution in [0, 0.1) is 11.8 Å². The van der Waals surface area contributed by atoms with Crippen LogP contribution in [0.15, 0.2) is 0 Å². The van der Waals surface area contributed by atoms with E-state index in [-0.39, 0.29) is 25.2 Å². The summed E-state index contributed by atoms with van der Waals surface area (Å²) in [4.78, 5) is 11.9. The van der Waals surface area contributed by atoms with E-state index in [1.807, 2.05) is 6.92 Å². The molecule has 2 rings (SSSR count). The summed E-state index contributed by atoms with van der Waals surface area (Å²) in [6, 6.07) is 0. The van der Waals surface area contributed by atoms with Gasteiger partial charge in [-0.15, -0.1) is 0 Å². The molecule has 2 fully saturated rings. The molecule has 2 aliphatic carbocycles. The second kappa shape index (κ2) is 5.61. The monoisotopic (exact) mass is 358 g/mol. The van der Waals surface area contributed by atoms with Crippen molar-refractivity contribution in [3.8, 4) is 0 Å². The molecule has 0 radical (unpaired) electrons. The summed E-state index contributed by atoms with van der Waals surface area (Å²) in [7, 11) is -5.68. The SMILES string of the molecule is CC1CC2(O)CC(C(=O)OCC(F)(F)S(=O)(=O)O)CC(O)(C1)C2. The maximum absolute atomic E-state index is 13.1. The first-order valence-electron chi connectivity index (χ1n) is 7.22. The topological polar surface area (TPSA) is 121 Å². The minimum Gasteiger partial charge on any atom is -0.458 e. The van der Waals surface area contributed by atoms with Crippen LogP contribution in [0.5, 0.6) is 0 Å². The number of halogens is 2. The number of hydrogen-bond donors (Lipinski definition) is 3. The molecule has 2 aliphatic rings. The van der Waals surface area contributed by atoms with Crippen molar-refractivity contribution in [2.24, 2.45) is 11.8 Å². The quantitative estimate of drug-likeness (QED) is 0.500. The second-order valence-electron chi connectivity index (χ2n) is 6.96. The van der Waals surface area contributed by atoms with Gasteiger partial charge in [-0.25, -0.2) is 0 Å². The molecule has 2 saturated carbocycles. The van der Waals surface area contributed by atoms with Gasteiger partial charge in [0.15, 0.2) is 6.61 Å². The summed E-state index contributed by atoms with van der Waals surface area (Å²) in [6.45, 7) is 0.0504. The van der Waals surface area contributed by atoms with Gasteiger partial charge in [-0.3, -0.25) is 9.35 Å². The number of rotatable bonds is 4.